The van der Waals surface area contributed by atoms with Crippen LogP contribution in [0.1, 0.15) is 16.1 Å². The average molecular weight is 272 g/mol. The van der Waals surface area contributed by atoms with Gasteiger partial charge in [-0.25, -0.2) is 4.98 Å². The summed E-state index contributed by atoms with van der Waals surface area (Å²) in [6, 6.07) is 5.97. The predicted molar refractivity (Wildman–Crippen MR) is 75.2 cm³/mol. The summed E-state index contributed by atoms with van der Waals surface area (Å²) in [4.78, 5) is 16.1. The molecular formula is C14H12N2O2S. The number of aryl methyl sites for hydroxylation is 1. The molecule has 0 saturated heterocycles. The molecule has 5 heteroatoms. The van der Waals surface area contributed by atoms with Crippen LogP contribution in [-0.2, 0) is 0 Å². The first-order valence-corrected chi connectivity index (χ1v) is 6.67. The highest BCUT2D eigenvalue weighted by molar-refractivity contribution is 7.15. The zero-order valence-electron chi connectivity index (χ0n) is 10.6. The third kappa shape index (κ3) is 1.82. The molecule has 0 atom stereocenters. The van der Waals surface area contributed by atoms with Gasteiger partial charge in [0, 0.05) is 5.38 Å². The molecule has 0 aliphatic rings. The van der Waals surface area contributed by atoms with E-state index in [-0.39, 0.29) is 0 Å². The first-order valence-electron chi connectivity index (χ1n) is 5.79. The fourth-order valence-corrected chi connectivity index (χ4v) is 3.03. The Balaban J connectivity index is 2.21. The number of hydrogen-bond donors (Lipinski definition) is 0. The molecule has 0 amide bonds. The van der Waals surface area contributed by atoms with Crippen molar-refractivity contribution in [3.63, 3.8) is 0 Å². The molecule has 4 nitrogen and oxygen atoms in total. The number of carbonyl (C=O) groups excluding carboxylic acids is 1. The Morgan fingerprint density at radius 2 is 2.26 bits per heavy atom. The largest absolute Gasteiger partial charge is 0.496 e. The molecule has 2 aromatic heterocycles. The van der Waals surface area contributed by atoms with Gasteiger partial charge in [-0.2, -0.15) is 0 Å². The molecule has 0 unspecified atom stereocenters. The summed E-state index contributed by atoms with van der Waals surface area (Å²) in [5.41, 5.74) is 3.66. The van der Waals surface area contributed by atoms with Crippen molar-refractivity contribution in [3.8, 4) is 17.0 Å². The second kappa shape index (κ2) is 4.51. The van der Waals surface area contributed by atoms with Gasteiger partial charge in [-0.3, -0.25) is 9.20 Å². The normalized spacial score (nSPS) is 10.8. The Bertz CT molecular complexity index is 758. The zero-order chi connectivity index (χ0) is 13.4. The summed E-state index contributed by atoms with van der Waals surface area (Å²) in [6.07, 6.45) is 2.42. The summed E-state index contributed by atoms with van der Waals surface area (Å²) in [5.74, 6) is 0.858. The minimum Gasteiger partial charge on any atom is -0.496 e. The van der Waals surface area contributed by atoms with E-state index in [4.69, 9.17) is 4.74 Å². The van der Waals surface area contributed by atoms with Crippen molar-refractivity contribution < 1.29 is 9.53 Å². The molecular weight excluding hydrogens is 260 g/mol. The number of benzene rings is 1. The van der Waals surface area contributed by atoms with Gasteiger partial charge in [0.15, 0.2) is 11.2 Å². The van der Waals surface area contributed by atoms with E-state index in [1.807, 2.05) is 28.8 Å². The van der Waals surface area contributed by atoms with Crippen LogP contribution in [0, 0.1) is 6.92 Å². The molecule has 0 N–H and O–H groups in total. The summed E-state index contributed by atoms with van der Waals surface area (Å²) >= 11 is 1.52. The lowest BCUT2D eigenvalue weighted by molar-refractivity contribution is 0.111. The van der Waals surface area contributed by atoms with E-state index in [0.717, 1.165) is 33.8 Å². The van der Waals surface area contributed by atoms with E-state index in [0.29, 0.717) is 5.69 Å². The van der Waals surface area contributed by atoms with Gasteiger partial charge >= 0.3 is 0 Å². The van der Waals surface area contributed by atoms with Crippen LogP contribution < -0.4 is 4.74 Å². The number of carbonyl (C=O) groups is 1. The number of methoxy groups -OCH3 is 1. The molecule has 0 saturated carbocycles. The van der Waals surface area contributed by atoms with Gasteiger partial charge in [0.25, 0.3) is 0 Å². The van der Waals surface area contributed by atoms with Crippen molar-refractivity contribution >= 4 is 22.6 Å². The third-order valence-electron chi connectivity index (χ3n) is 3.08. The highest BCUT2D eigenvalue weighted by atomic mass is 32.1. The third-order valence-corrected chi connectivity index (χ3v) is 3.92. The van der Waals surface area contributed by atoms with Crippen LogP contribution in [0.25, 0.3) is 16.2 Å². The standard InChI is InChI=1S/C14H12N2O2S/c1-9-5-10(3-4-13(9)18-2)12-8-19-14-15-6-11(7-17)16(12)14/h3-8H,1-2H3. The Morgan fingerprint density at radius 3 is 2.95 bits per heavy atom. The van der Waals surface area contributed by atoms with E-state index < -0.39 is 0 Å². The molecule has 0 radical (unpaired) electrons. The molecule has 96 valence electrons. The van der Waals surface area contributed by atoms with Crippen LogP contribution >= 0.6 is 11.3 Å². The van der Waals surface area contributed by atoms with Crippen molar-refractivity contribution in [1.82, 2.24) is 9.38 Å². The monoisotopic (exact) mass is 272 g/mol. The van der Waals surface area contributed by atoms with Gasteiger partial charge in [0.05, 0.1) is 19.0 Å². The molecule has 19 heavy (non-hydrogen) atoms. The SMILES string of the molecule is COc1ccc(-c2csc3ncc(C=O)n23)cc1C. The first kappa shape index (κ1) is 11.9. The number of thiazole rings is 1. The van der Waals surface area contributed by atoms with E-state index in [1.165, 1.54) is 11.3 Å². The van der Waals surface area contributed by atoms with Crippen LogP contribution in [0.15, 0.2) is 29.8 Å². The highest BCUT2D eigenvalue weighted by Crippen LogP contribution is 2.30. The second-order valence-electron chi connectivity index (χ2n) is 4.22. The lowest BCUT2D eigenvalue weighted by Gasteiger charge is -2.07. The molecule has 3 aromatic rings. The number of aromatic nitrogens is 2. The molecule has 0 aliphatic heterocycles. The van der Waals surface area contributed by atoms with Gasteiger partial charge in [0.1, 0.15) is 11.4 Å². The maximum atomic E-state index is 11.1. The maximum absolute atomic E-state index is 11.1. The van der Waals surface area contributed by atoms with Crippen LogP contribution in [0.2, 0.25) is 0 Å². The second-order valence-corrected chi connectivity index (χ2v) is 5.06. The summed E-state index contributed by atoms with van der Waals surface area (Å²) in [7, 11) is 1.66. The van der Waals surface area contributed by atoms with Gasteiger partial charge < -0.3 is 4.74 Å². The van der Waals surface area contributed by atoms with Gasteiger partial charge in [0.2, 0.25) is 0 Å². The molecule has 1 aromatic carbocycles. The van der Waals surface area contributed by atoms with Crippen LogP contribution in [-0.4, -0.2) is 22.8 Å². The van der Waals surface area contributed by atoms with Gasteiger partial charge in [-0.05, 0) is 36.2 Å². The van der Waals surface area contributed by atoms with Crippen LogP contribution in [0.4, 0.5) is 0 Å². The number of imidazole rings is 1. The topological polar surface area (TPSA) is 43.6 Å². The number of ether oxygens (including phenoxy) is 1. The van der Waals surface area contributed by atoms with Crippen molar-refractivity contribution in [3.05, 3.63) is 41.0 Å². The molecule has 2 heterocycles. The van der Waals surface area contributed by atoms with Gasteiger partial charge in [-0.15, -0.1) is 11.3 Å². The van der Waals surface area contributed by atoms with Crippen molar-refractivity contribution in [1.29, 1.82) is 0 Å². The Hall–Kier alpha value is -2.14. The minimum atomic E-state index is 0.569. The zero-order valence-corrected chi connectivity index (χ0v) is 11.4. The summed E-state index contributed by atoms with van der Waals surface area (Å²) in [5, 5.41) is 2.01. The Kier molecular flexibility index (Phi) is 2.83. The molecule has 3 rings (SSSR count). The Labute approximate surface area is 114 Å². The summed E-state index contributed by atoms with van der Waals surface area (Å²) in [6.45, 7) is 2.00. The van der Waals surface area contributed by atoms with Crippen LogP contribution in [0.5, 0.6) is 5.75 Å². The average Bonchev–Trinajstić information content (AvgIpc) is 2.99. The predicted octanol–water partition coefficient (Wildman–Crippen LogP) is 3.19. The Morgan fingerprint density at radius 1 is 1.42 bits per heavy atom. The van der Waals surface area contributed by atoms with Gasteiger partial charge in [-0.1, -0.05) is 0 Å². The fourth-order valence-electron chi connectivity index (χ4n) is 2.15. The number of fused-ring (bicyclic) bond motifs is 1. The van der Waals surface area contributed by atoms with Crippen molar-refractivity contribution in [2.24, 2.45) is 0 Å². The molecule has 0 aliphatic carbocycles. The molecule has 0 spiro atoms. The number of nitrogens with zero attached hydrogens (tertiary/aromatic N) is 2. The maximum Gasteiger partial charge on any atom is 0.194 e. The van der Waals surface area contributed by atoms with Crippen molar-refractivity contribution in [2.75, 3.05) is 7.11 Å². The van der Waals surface area contributed by atoms with E-state index in [1.54, 1.807) is 13.3 Å². The highest BCUT2D eigenvalue weighted by Gasteiger charge is 2.12. The lowest BCUT2D eigenvalue weighted by Crippen LogP contribution is -1.93. The van der Waals surface area contributed by atoms with E-state index in [9.17, 15) is 4.79 Å². The molecule has 0 fully saturated rings. The number of aldehydes is 1. The smallest absolute Gasteiger partial charge is 0.194 e. The van der Waals surface area contributed by atoms with Crippen LogP contribution in [0.3, 0.4) is 0 Å². The fraction of sp³-hybridized carbons (Fsp3) is 0.143. The molecule has 0 bridgehead atoms. The number of hydrogen-bond acceptors (Lipinski definition) is 4. The van der Waals surface area contributed by atoms with Crippen molar-refractivity contribution in [2.45, 2.75) is 6.92 Å². The van der Waals surface area contributed by atoms with E-state index in [2.05, 4.69) is 11.1 Å². The lowest BCUT2D eigenvalue weighted by atomic mass is 10.1. The minimum absolute atomic E-state index is 0.569. The quantitative estimate of drug-likeness (QED) is 0.688. The number of rotatable bonds is 3. The first-order chi connectivity index (χ1) is 9.24. The summed E-state index contributed by atoms with van der Waals surface area (Å²) < 4.78 is 7.14. The van der Waals surface area contributed by atoms with E-state index >= 15 is 0 Å².